The van der Waals surface area contributed by atoms with Crippen LogP contribution in [0.5, 0.6) is 0 Å². The van der Waals surface area contributed by atoms with Gasteiger partial charge in [-0.3, -0.25) is 0 Å². The van der Waals surface area contributed by atoms with E-state index in [4.69, 9.17) is 4.74 Å². The second-order valence-electron chi connectivity index (χ2n) is 10.5. The molecule has 1 nitrogen and oxygen atoms in total. The molecule has 0 amide bonds. The van der Waals surface area contributed by atoms with Crippen molar-refractivity contribution >= 4 is 0 Å². The topological polar surface area (TPSA) is 9.23 Å². The quantitative estimate of drug-likeness (QED) is 0.335. The Labute approximate surface area is 207 Å². The van der Waals surface area contributed by atoms with Gasteiger partial charge in [-0.1, -0.05) is 51.0 Å². The maximum absolute atomic E-state index is 15.1. The van der Waals surface area contributed by atoms with Crippen molar-refractivity contribution in [1.82, 2.24) is 0 Å². The molecule has 0 bridgehead atoms. The van der Waals surface area contributed by atoms with E-state index in [0.717, 1.165) is 31.6 Å². The molecule has 0 N–H and O–H groups in total. The fourth-order valence-electron chi connectivity index (χ4n) is 6.14. The lowest BCUT2D eigenvalue weighted by Crippen LogP contribution is -2.22. The lowest BCUT2D eigenvalue weighted by Gasteiger charge is -2.31. The molecule has 5 heteroatoms. The molecule has 2 fully saturated rings. The molecule has 0 spiro atoms. The predicted molar refractivity (Wildman–Crippen MR) is 131 cm³/mol. The van der Waals surface area contributed by atoms with Gasteiger partial charge in [0.05, 0.1) is 12.7 Å². The number of ether oxygens (including phenoxy) is 1. The Kier molecular flexibility index (Phi) is 8.91. The third kappa shape index (κ3) is 5.93. The number of rotatable bonds is 8. The molecule has 0 heterocycles. The summed E-state index contributed by atoms with van der Waals surface area (Å²) in [5.41, 5.74) is 1.58. The molecule has 2 saturated carbocycles. The predicted octanol–water partition coefficient (Wildman–Crippen LogP) is 9.12. The maximum Gasteiger partial charge on any atom is 0.164 e. The van der Waals surface area contributed by atoms with Gasteiger partial charge < -0.3 is 4.74 Å². The molecule has 192 valence electrons. The lowest BCUT2D eigenvalue weighted by atomic mass is 9.76. The summed E-state index contributed by atoms with van der Waals surface area (Å²) < 4.78 is 64.4. The average molecular weight is 491 g/mol. The van der Waals surface area contributed by atoms with Gasteiger partial charge in [0.25, 0.3) is 0 Å². The van der Waals surface area contributed by atoms with Crippen LogP contribution in [-0.2, 0) is 17.8 Å². The van der Waals surface area contributed by atoms with Crippen LogP contribution in [0.3, 0.4) is 0 Å². The number of hydrogen-bond donors (Lipinski definition) is 0. The van der Waals surface area contributed by atoms with Gasteiger partial charge in [0.15, 0.2) is 23.3 Å². The Bertz CT molecular complexity index is 988. The summed E-state index contributed by atoms with van der Waals surface area (Å²) in [7, 11) is 0. The van der Waals surface area contributed by atoms with Crippen molar-refractivity contribution in [3.8, 4) is 0 Å². The van der Waals surface area contributed by atoms with Crippen LogP contribution >= 0.6 is 0 Å². The molecule has 0 aromatic heterocycles. The van der Waals surface area contributed by atoms with Gasteiger partial charge in [0, 0.05) is 5.56 Å². The molecule has 0 saturated heterocycles. The van der Waals surface area contributed by atoms with Crippen LogP contribution in [0, 0.1) is 29.2 Å². The summed E-state index contributed by atoms with van der Waals surface area (Å²) in [6, 6.07) is 6.80. The third-order valence-corrected chi connectivity index (χ3v) is 8.34. The Morgan fingerprint density at radius 2 is 1.17 bits per heavy atom. The summed E-state index contributed by atoms with van der Waals surface area (Å²) >= 11 is 0. The van der Waals surface area contributed by atoms with Gasteiger partial charge in [-0.2, -0.15) is 0 Å². The largest absolute Gasteiger partial charge is 0.373 e. The van der Waals surface area contributed by atoms with Crippen molar-refractivity contribution < 1.29 is 22.3 Å². The number of aryl methyl sites for hydroxylation is 1. The van der Waals surface area contributed by atoms with Crippen LogP contribution in [0.1, 0.15) is 112 Å². The molecule has 0 radical (unpaired) electrons. The van der Waals surface area contributed by atoms with Gasteiger partial charge >= 0.3 is 0 Å². The van der Waals surface area contributed by atoms with Gasteiger partial charge in [-0.25, -0.2) is 17.6 Å². The van der Waals surface area contributed by atoms with Crippen molar-refractivity contribution in [2.75, 3.05) is 0 Å². The molecule has 0 unspecified atom stereocenters. The molecular weight excluding hydrogens is 452 g/mol. The summed E-state index contributed by atoms with van der Waals surface area (Å²) in [6.45, 7) is 4.00. The SMILES string of the molecule is CCCC1CCC(c2ccc(C3CCC(OCc4ccc(CC)c(F)c4F)CC3)c(F)c2F)CC1. The minimum Gasteiger partial charge on any atom is -0.373 e. The van der Waals surface area contributed by atoms with Gasteiger partial charge in [-0.15, -0.1) is 0 Å². The van der Waals surface area contributed by atoms with E-state index in [0.29, 0.717) is 48.8 Å². The highest BCUT2D eigenvalue weighted by atomic mass is 19.2. The normalized spacial score (nSPS) is 25.1. The van der Waals surface area contributed by atoms with Crippen LogP contribution in [0.25, 0.3) is 0 Å². The van der Waals surface area contributed by atoms with E-state index in [1.165, 1.54) is 12.8 Å². The zero-order valence-electron chi connectivity index (χ0n) is 21.0. The van der Waals surface area contributed by atoms with Crippen LogP contribution in [0.15, 0.2) is 24.3 Å². The van der Waals surface area contributed by atoms with Gasteiger partial charge in [-0.05, 0) is 92.2 Å². The molecule has 2 aliphatic carbocycles. The van der Waals surface area contributed by atoms with E-state index in [1.54, 1.807) is 25.1 Å². The zero-order valence-corrected chi connectivity index (χ0v) is 21.0. The van der Waals surface area contributed by atoms with Crippen LogP contribution < -0.4 is 0 Å². The van der Waals surface area contributed by atoms with E-state index in [9.17, 15) is 8.78 Å². The van der Waals surface area contributed by atoms with Crippen molar-refractivity contribution in [3.63, 3.8) is 0 Å². The minimum atomic E-state index is -0.838. The number of halogens is 4. The first-order valence-corrected chi connectivity index (χ1v) is 13.5. The summed E-state index contributed by atoms with van der Waals surface area (Å²) in [4.78, 5) is 0. The van der Waals surface area contributed by atoms with E-state index in [-0.39, 0.29) is 30.1 Å². The average Bonchev–Trinajstić information content (AvgIpc) is 2.88. The van der Waals surface area contributed by atoms with E-state index in [2.05, 4.69) is 6.92 Å². The third-order valence-electron chi connectivity index (χ3n) is 8.34. The highest BCUT2D eigenvalue weighted by molar-refractivity contribution is 5.32. The molecule has 2 aromatic carbocycles. The summed E-state index contributed by atoms with van der Waals surface area (Å²) in [6.07, 6.45) is 9.59. The summed E-state index contributed by atoms with van der Waals surface area (Å²) in [5, 5.41) is 0. The Hall–Kier alpha value is -1.88. The first-order valence-electron chi connectivity index (χ1n) is 13.5. The molecule has 0 atom stereocenters. The maximum atomic E-state index is 15.1. The highest BCUT2D eigenvalue weighted by Crippen LogP contribution is 2.41. The van der Waals surface area contributed by atoms with Crippen LogP contribution in [-0.4, -0.2) is 6.10 Å². The van der Waals surface area contributed by atoms with Crippen LogP contribution in [0.2, 0.25) is 0 Å². The fourth-order valence-corrected chi connectivity index (χ4v) is 6.14. The van der Waals surface area contributed by atoms with Crippen molar-refractivity contribution in [3.05, 3.63) is 69.8 Å². The van der Waals surface area contributed by atoms with E-state index in [1.807, 2.05) is 6.07 Å². The Balaban J connectivity index is 1.32. The van der Waals surface area contributed by atoms with Gasteiger partial charge in [0.2, 0.25) is 0 Å². The second kappa shape index (κ2) is 11.9. The van der Waals surface area contributed by atoms with E-state index < -0.39 is 23.3 Å². The first-order chi connectivity index (χ1) is 16.9. The fraction of sp³-hybridized carbons (Fsp3) is 0.600. The molecular formula is C30H38F4O. The van der Waals surface area contributed by atoms with Crippen molar-refractivity contribution in [2.45, 2.75) is 109 Å². The molecule has 35 heavy (non-hydrogen) atoms. The second-order valence-corrected chi connectivity index (χ2v) is 10.5. The minimum absolute atomic E-state index is 0.0142. The molecule has 2 aromatic rings. The smallest absolute Gasteiger partial charge is 0.164 e. The molecule has 0 aliphatic heterocycles. The summed E-state index contributed by atoms with van der Waals surface area (Å²) in [5.74, 6) is -2.18. The number of benzene rings is 2. The van der Waals surface area contributed by atoms with Gasteiger partial charge in [0.1, 0.15) is 0 Å². The van der Waals surface area contributed by atoms with E-state index >= 15 is 8.78 Å². The standard InChI is InChI=1S/C30H38F4O/c1-3-5-19-6-8-21(9-7-19)25-16-17-26(30(34)29(25)33)22-12-14-24(15-13-22)35-18-23-11-10-20(4-2)27(31)28(23)32/h10-11,16-17,19,21-22,24H,3-9,12-15,18H2,1-2H3. The van der Waals surface area contributed by atoms with Crippen molar-refractivity contribution in [2.24, 2.45) is 5.92 Å². The highest BCUT2D eigenvalue weighted by Gasteiger charge is 2.30. The Morgan fingerprint density at radius 1 is 0.657 bits per heavy atom. The zero-order chi connectivity index (χ0) is 24.9. The number of hydrogen-bond acceptors (Lipinski definition) is 1. The Morgan fingerprint density at radius 3 is 1.71 bits per heavy atom. The first kappa shape index (κ1) is 26.2. The van der Waals surface area contributed by atoms with Crippen LogP contribution in [0.4, 0.5) is 17.6 Å². The lowest BCUT2D eigenvalue weighted by molar-refractivity contribution is 0.0116. The molecule has 2 aliphatic rings. The monoisotopic (exact) mass is 490 g/mol. The molecule has 4 rings (SSSR count). The van der Waals surface area contributed by atoms with Crippen molar-refractivity contribution in [1.29, 1.82) is 0 Å².